The molecule has 3 heteroatoms. The van der Waals surface area contributed by atoms with Crippen LogP contribution in [0.3, 0.4) is 0 Å². The molecule has 0 aromatic carbocycles. The van der Waals surface area contributed by atoms with Gasteiger partial charge in [-0.25, -0.2) is 0 Å². The number of nitrogens with one attached hydrogen (secondary N) is 1. The minimum Gasteiger partial charge on any atom is -0.381 e. The van der Waals surface area contributed by atoms with E-state index in [1.54, 1.807) is 0 Å². The SMILES string of the molecule is ClC1C=C(CC2CCOCC2)CNC1. The predicted octanol–water partition coefficient (Wildman–Crippen LogP) is 1.94. The first kappa shape index (κ1) is 10.5. The first-order valence-corrected chi connectivity index (χ1v) is 5.90. The molecule has 2 nitrogen and oxygen atoms in total. The van der Waals surface area contributed by atoms with E-state index in [0.717, 1.165) is 32.2 Å². The van der Waals surface area contributed by atoms with Gasteiger partial charge in [-0.05, 0) is 25.2 Å². The highest BCUT2D eigenvalue weighted by atomic mass is 35.5. The highest BCUT2D eigenvalue weighted by Crippen LogP contribution is 2.24. The second-order valence-corrected chi connectivity index (χ2v) is 4.79. The Morgan fingerprint density at radius 3 is 2.93 bits per heavy atom. The summed E-state index contributed by atoms with van der Waals surface area (Å²) in [4.78, 5) is 0. The maximum atomic E-state index is 6.07. The summed E-state index contributed by atoms with van der Waals surface area (Å²) in [5.74, 6) is 0.818. The van der Waals surface area contributed by atoms with Crippen molar-refractivity contribution in [3.05, 3.63) is 11.6 Å². The normalized spacial score (nSPS) is 30.1. The third-order valence-corrected chi connectivity index (χ3v) is 3.28. The monoisotopic (exact) mass is 215 g/mol. The molecule has 2 aliphatic heterocycles. The molecule has 80 valence electrons. The number of rotatable bonds is 2. The van der Waals surface area contributed by atoms with Gasteiger partial charge < -0.3 is 10.1 Å². The van der Waals surface area contributed by atoms with Gasteiger partial charge in [-0.15, -0.1) is 11.6 Å². The van der Waals surface area contributed by atoms with Crippen LogP contribution in [0.5, 0.6) is 0 Å². The van der Waals surface area contributed by atoms with Crippen molar-refractivity contribution in [3.8, 4) is 0 Å². The molecule has 0 aromatic rings. The second kappa shape index (κ2) is 5.15. The Kier molecular flexibility index (Phi) is 3.85. The van der Waals surface area contributed by atoms with E-state index in [1.165, 1.54) is 24.8 Å². The van der Waals surface area contributed by atoms with Gasteiger partial charge in [0.25, 0.3) is 0 Å². The van der Waals surface area contributed by atoms with E-state index in [1.807, 2.05) is 0 Å². The van der Waals surface area contributed by atoms with Gasteiger partial charge in [-0.3, -0.25) is 0 Å². The van der Waals surface area contributed by atoms with Crippen LogP contribution >= 0.6 is 11.6 Å². The fourth-order valence-corrected chi connectivity index (χ4v) is 2.49. The highest BCUT2D eigenvalue weighted by Gasteiger charge is 2.17. The van der Waals surface area contributed by atoms with Crippen LogP contribution in [0.25, 0.3) is 0 Å². The summed E-state index contributed by atoms with van der Waals surface area (Å²) in [6.07, 6.45) is 5.86. The molecule has 1 fully saturated rings. The highest BCUT2D eigenvalue weighted by molar-refractivity contribution is 6.22. The molecule has 1 saturated heterocycles. The average molecular weight is 216 g/mol. The van der Waals surface area contributed by atoms with Crippen LogP contribution in [-0.4, -0.2) is 31.7 Å². The van der Waals surface area contributed by atoms with E-state index < -0.39 is 0 Å². The summed E-state index contributed by atoms with van der Waals surface area (Å²) in [5, 5.41) is 3.54. The largest absolute Gasteiger partial charge is 0.381 e. The van der Waals surface area contributed by atoms with Crippen LogP contribution in [0.15, 0.2) is 11.6 Å². The smallest absolute Gasteiger partial charge is 0.0643 e. The number of alkyl halides is 1. The molecule has 0 saturated carbocycles. The molecule has 0 aliphatic carbocycles. The van der Waals surface area contributed by atoms with Crippen molar-refractivity contribution in [2.24, 2.45) is 5.92 Å². The first-order chi connectivity index (χ1) is 6.84. The molecule has 0 bridgehead atoms. The van der Waals surface area contributed by atoms with E-state index in [-0.39, 0.29) is 5.38 Å². The fraction of sp³-hybridized carbons (Fsp3) is 0.818. The molecular weight excluding hydrogens is 198 g/mol. The van der Waals surface area contributed by atoms with Crippen LogP contribution in [0.1, 0.15) is 19.3 Å². The summed E-state index contributed by atoms with van der Waals surface area (Å²) in [7, 11) is 0. The standard InChI is InChI=1S/C11H18ClNO/c12-11-6-10(7-13-8-11)5-9-1-3-14-4-2-9/h6,9,11,13H,1-5,7-8H2. The third kappa shape index (κ3) is 2.97. The molecule has 2 rings (SSSR count). The summed E-state index contributed by atoms with van der Waals surface area (Å²) in [6, 6.07) is 0. The Morgan fingerprint density at radius 2 is 2.21 bits per heavy atom. The van der Waals surface area contributed by atoms with E-state index in [4.69, 9.17) is 16.3 Å². The van der Waals surface area contributed by atoms with E-state index in [9.17, 15) is 0 Å². The van der Waals surface area contributed by atoms with E-state index >= 15 is 0 Å². The molecule has 1 unspecified atom stereocenters. The lowest BCUT2D eigenvalue weighted by Crippen LogP contribution is -2.30. The molecule has 1 atom stereocenters. The third-order valence-electron chi connectivity index (χ3n) is 3.00. The van der Waals surface area contributed by atoms with Gasteiger partial charge in [0.2, 0.25) is 0 Å². The Hall–Kier alpha value is -0.0500. The van der Waals surface area contributed by atoms with Crippen molar-refractivity contribution in [2.45, 2.75) is 24.6 Å². The van der Waals surface area contributed by atoms with Gasteiger partial charge in [0.1, 0.15) is 0 Å². The number of hydrogen-bond acceptors (Lipinski definition) is 2. The Labute approximate surface area is 90.7 Å². The molecule has 0 aromatic heterocycles. The van der Waals surface area contributed by atoms with E-state index in [0.29, 0.717) is 0 Å². The Morgan fingerprint density at radius 1 is 1.43 bits per heavy atom. The number of hydrogen-bond donors (Lipinski definition) is 1. The van der Waals surface area contributed by atoms with Crippen molar-refractivity contribution in [3.63, 3.8) is 0 Å². The van der Waals surface area contributed by atoms with Crippen molar-refractivity contribution in [1.29, 1.82) is 0 Å². The summed E-state index contributed by atoms with van der Waals surface area (Å²) >= 11 is 6.07. The molecule has 0 spiro atoms. The topological polar surface area (TPSA) is 21.3 Å². The van der Waals surface area contributed by atoms with Crippen molar-refractivity contribution >= 4 is 11.6 Å². The molecular formula is C11H18ClNO. The quantitative estimate of drug-likeness (QED) is 0.562. The average Bonchev–Trinajstić information content (AvgIpc) is 2.19. The first-order valence-electron chi connectivity index (χ1n) is 5.46. The summed E-state index contributed by atoms with van der Waals surface area (Å²) in [5.41, 5.74) is 1.49. The fourth-order valence-electron chi connectivity index (χ4n) is 2.21. The van der Waals surface area contributed by atoms with Gasteiger partial charge in [0, 0.05) is 26.3 Å². The zero-order chi connectivity index (χ0) is 9.80. The number of ether oxygens (including phenoxy) is 1. The van der Waals surface area contributed by atoms with Crippen LogP contribution < -0.4 is 5.32 Å². The van der Waals surface area contributed by atoms with Crippen LogP contribution in [0, 0.1) is 5.92 Å². The van der Waals surface area contributed by atoms with Crippen molar-refractivity contribution in [1.82, 2.24) is 5.32 Å². The molecule has 2 aliphatic rings. The summed E-state index contributed by atoms with van der Waals surface area (Å²) < 4.78 is 5.35. The molecule has 1 N–H and O–H groups in total. The molecule has 14 heavy (non-hydrogen) atoms. The lowest BCUT2D eigenvalue weighted by Gasteiger charge is -2.25. The van der Waals surface area contributed by atoms with Gasteiger partial charge in [-0.1, -0.05) is 11.6 Å². The molecule has 0 amide bonds. The van der Waals surface area contributed by atoms with Gasteiger partial charge >= 0.3 is 0 Å². The van der Waals surface area contributed by atoms with Crippen LogP contribution in [0.4, 0.5) is 0 Å². The Bertz CT molecular complexity index is 211. The lowest BCUT2D eigenvalue weighted by molar-refractivity contribution is 0.0663. The lowest BCUT2D eigenvalue weighted by atomic mass is 9.91. The van der Waals surface area contributed by atoms with Crippen molar-refractivity contribution < 1.29 is 4.74 Å². The molecule has 2 heterocycles. The summed E-state index contributed by atoms with van der Waals surface area (Å²) in [6.45, 7) is 3.82. The zero-order valence-electron chi connectivity index (χ0n) is 8.47. The second-order valence-electron chi connectivity index (χ2n) is 4.23. The van der Waals surface area contributed by atoms with Gasteiger partial charge in [-0.2, -0.15) is 0 Å². The predicted molar refractivity (Wildman–Crippen MR) is 58.8 cm³/mol. The van der Waals surface area contributed by atoms with Crippen LogP contribution in [-0.2, 0) is 4.74 Å². The maximum Gasteiger partial charge on any atom is 0.0643 e. The zero-order valence-corrected chi connectivity index (χ0v) is 9.22. The van der Waals surface area contributed by atoms with E-state index in [2.05, 4.69) is 11.4 Å². The molecule has 0 radical (unpaired) electrons. The van der Waals surface area contributed by atoms with Crippen molar-refractivity contribution in [2.75, 3.05) is 26.3 Å². The van der Waals surface area contributed by atoms with Crippen LogP contribution in [0.2, 0.25) is 0 Å². The maximum absolute atomic E-state index is 6.07. The number of halogens is 1. The minimum absolute atomic E-state index is 0.193. The Balaban J connectivity index is 1.83. The van der Waals surface area contributed by atoms with Gasteiger partial charge in [0.05, 0.1) is 5.38 Å². The van der Waals surface area contributed by atoms with Gasteiger partial charge in [0.15, 0.2) is 0 Å². The minimum atomic E-state index is 0.193.